The predicted molar refractivity (Wildman–Crippen MR) is 289 cm³/mol. The van der Waals surface area contributed by atoms with Crippen LogP contribution in [-0.2, 0) is 62.8 Å². The molecule has 0 spiro atoms. The monoisotopic (exact) mass is 1100 g/mol. The molecule has 0 saturated carbocycles. The molecule has 0 saturated heterocycles. The number of benzene rings is 5. The largest absolute Gasteiger partial charge is 0.493 e. The molecule has 3 atom stereocenters. The van der Waals surface area contributed by atoms with Gasteiger partial charge in [0.05, 0.1) is 50.4 Å². The number of nitrogens with zero attached hydrogens (tertiary/aromatic N) is 1. The number of hydrogen-bond acceptors (Lipinski definition) is 16. The lowest BCUT2D eigenvalue weighted by molar-refractivity contribution is -0.171. The molecule has 5 aromatic carbocycles. The zero-order valence-corrected chi connectivity index (χ0v) is 44.8. The smallest absolute Gasteiger partial charge is 0.363 e. The Kier molecular flexibility index (Phi) is 23.2. The minimum Gasteiger partial charge on any atom is -0.493 e. The fourth-order valence-electron chi connectivity index (χ4n) is 8.20. The molecule has 0 aliphatic heterocycles. The van der Waals surface area contributed by atoms with Crippen LogP contribution in [0.3, 0.4) is 0 Å². The van der Waals surface area contributed by atoms with E-state index in [4.69, 9.17) is 37.7 Å². The van der Waals surface area contributed by atoms with Gasteiger partial charge in [0.25, 0.3) is 11.8 Å². The van der Waals surface area contributed by atoms with Crippen molar-refractivity contribution in [1.29, 1.82) is 0 Å². The summed E-state index contributed by atoms with van der Waals surface area (Å²) in [6, 6.07) is 35.7. The van der Waals surface area contributed by atoms with Gasteiger partial charge in [-0.3, -0.25) is 24.0 Å². The molecule has 80 heavy (non-hydrogen) atoms. The lowest BCUT2D eigenvalue weighted by Gasteiger charge is -2.31. The Balaban J connectivity index is 1.16. The Hall–Kier alpha value is -9.46. The topological polar surface area (TPSA) is 254 Å². The van der Waals surface area contributed by atoms with E-state index in [2.05, 4.69) is 16.0 Å². The summed E-state index contributed by atoms with van der Waals surface area (Å²) in [4.78, 5) is 113. The molecule has 2 unspecified atom stereocenters. The number of carbonyl (C=O) groups is 8. The van der Waals surface area contributed by atoms with Gasteiger partial charge in [-0.25, -0.2) is 14.4 Å². The molecule has 0 fully saturated rings. The molecule has 1 aromatic heterocycles. The highest BCUT2D eigenvalue weighted by Gasteiger charge is 2.34. The number of ether oxygens (including phenoxy) is 6. The Morgan fingerprint density at radius 3 is 1.86 bits per heavy atom. The number of methoxy groups -OCH3 is 2. The van der Waals surface area contributed by atoms with Crippen molar-refractivity contribution in [3.05, 3.63) is 173 Å². The highest BCUT2D eigenvalue weighted by molar-refractivity contribution is 6.00. The van der Waals surface area contributed by atoms with E-state index in [1.165, 1.54) is 62.8 Å². The number of nitrogens with one attached hydrogen (secondary N) is 3. The number of furan rings is 1. The van der Waals surface area contributed by atoms with E-state index in [-0.39, 0.29) is 72.6 Å². The fourth-order valence-corrected chi connectivity index (χ4v) is 8.20. The summed E-state index contributed by atoms with van der Waals surface area (Å²) < 4.78 is 38.8. The van der Waals surface area contributed by atoms with Gasteiger partial charge in [-0.05, 0) is 72.0 Å². The second kappa shape index (κ2) is 31.1. The van der Waals surface area contributed by atoms with Gasteiger partial charge in [-0.15, -0.1) is 0 Å². The van der Waals surface area contributed by atoms with Gasteiger partial charge in [0.15, 0.2) is 23.9 Å². The minimum atomic E-state index is -1.53. The van der Waals surface area contributed by atoms with E-state index in [0.29, 0.717) is 36.1 Å². The summed E-state index contributed by atoms with van der Waals surface area (Å²) in [6.07, 6.45) is 2.57. The number of hydroxylamine groups is 2. The molecule has 4 amide bonds. The van der Waals surface area contributed by atoms with Crippen LogP contribution in [0.5, 0.6) is 17.2 Å². The van der Waals surface area contributed by atoms with Gasteiger partial charge in [0, 0.05) is 5.56 Å². The normalized spacial score (nSPS) is 11.8. The van der Waals surface area contributed by atoms with Gasteiger partial charge in [0.2, 0.25) is 12.3 Å². The zero-order valence-electron chi connectivity index (χ0n) is 44.8. The summed E-state index contributed by atoms with van der Waals surface area (Å²) in [5.41, 5.74) is 2.30. The molecule has 6 rings (SSSR count). The highest BCUT2D eigenvalue weighted by Crippen LogP contribution is 2.31. The van der Waals surface area contributed by atoms with Crippen molar-refractivity contribution in [2.24, 2.45) is 5.92 Å². The fraction of sp³-hybridized carbons (Fsp3) is 0.300. The molecule has 20 heteroatoms. The van der Waals surface area contributed by atoms with Crippen LogP contribution >= 0.6 is 0 Å². The first-order valence-corrected chi connectivity index (χ1v) is 25.9. The molecule has 3 N–H and O–H groups in total. The summed E-state index contributed by atoms with van der Waals surface area (Å²) in [5.74, 6) is -5.86. The molecule has 1 heterocycles. The van der Waals surface area contributed by atoms with Crippen molar-refractivity contribution >= 4 is 48.0 Å². The van der Waals surface area contributed by atoms with Crippen LogP contribution in [0.15, 0.2) is 144 Å². The molecule has 420 valence electrons. The molecule has 6 aromatic rings. The minimum absolute atomic E-state index is 0.0537. The molecule has 20 nitrogen and oxygen atoms in total. The van der Waals surface area contributed by atoms with E-state index >= 15 is 0 Å². The number of carbonyl (C=O) groups excluding carboxylic acids is 8. The third-order valence-corrected chi connectivity index (χ3v) is 12.4. The Labute approximate surface area is 462 Å². The summed E-state index contributed by atoms with van der Waals surface area (Å²) in [5, 5.41) is 8.72. The van der Waals surface area contributed by atoms with Crippen molar-refractivity contribution in [3.63, 3.8) is 0 Å². The van der Waals surface area contributed by atoms with Crippen LogP contribution in [0, 0.1) is 5.92 Å². The second-order valence-electron chi connectivity index (χ2n) is 18.0. The molecular formula is C60H64N4O16. The lowest BCUT2D eigenvalue weighted by Crippen LogP contribution is -2.49. The lowest BCUT2D eigenvalue weighted by atomic mass is 9.90. The number of hydrogen-bond donors (Lipinski definition) is 3. The van der Waals surface area contributed by atoms with E-state index in [1.807, 2.05) is 19.1 Å². The standard InChI is InChI=1S/C60H64N4O16/c1-5-7-11-24-45(48(6-2)64(39-65)80-59(71)44-26-28-50(73-3)53(32-44)74-4)56(68)61-38-62-58(70)51-30-29-49(79-51)43-25-27-46(52(31-43)75-37-55(67)77-35-41-20-14-9-15-21-41)57(69)63-47(60(72)78-36-42-22-16-10-17-23-42)33-54(66)76-34-40-18-12-8-13-19-40/h8-10,12-23,25-32,39,45,47-48H,5-7,11,24,33-38H2,1-4H3,(H,61,68)(H,62,70)(H,63,69)/t45?,47?,48-/m1/s1. The maximum absolute atomic E-state index is 14.2. The van der Waals surface area contributed by atoms with Crippen LogP contribution in [0.2, 0.25) is 0 Å². The maximum atomic E-state index is 14.2. The molecular weight excluding hydrogens is 1030 g/mol. The van der Waals surface area contributed by atoms with Crippen LogP contribution < -0.4 is 30.2 Å². The average molecular weight is 1100 g/mol. The zero-order chi connectivity index (χ0) is 57.2. The quantitative estimate of drug-likeness (QED) is 0.00929. The number of esters is 3. The Morgan fingerprint density at radius 1 is 0.637 bits per heavy atom. The predicted octanol–water partition coefficient (Wildman–Crippen LogP) is 8.07. The summed E-state index contributed by atoms with van der Waals surface area (Å²) >= 11 is 0. The van der Waals surface area contributed by atoms with Gasteiger partial charge in [-0.1, -0.05) is 130 Å². The molecule has 0 bridgehead atoms. The third kappa shape index (κ3) is 17.8. The van der Waals surface area contributed by atoms with Gasteiger partial charge in [-0.2, -0.15) is 5.06 Å². The van der Waals surface area contributed by atoms with Crippen molar-refractivity contribution in [1.82, 2.24) is 21.0 Å². The van der Waals surface area contributed by atoms with Crippen LogP contribution in [-0.4, -0.2) is 92.7 Å². The average Bonchev–Trinajstić information content (AvgIpc) is 4.01. The second-order valence-corrected chi connectivity index (χ2v) is 18.0. The van der Waals surface area contributed by atoms with Gasteiger partial charge in [0.1, 0.15) is 37.4 Å². The number of amides is 4. The first-order valence-electron chi connectivity index (χ1n) is 25.9. The van der Waals surface area contributed by atoms with E-state index in [9.17, 15) is 38.4 Å². The molecule has 0 aliphatic carbocycles. The highest BCUT2D eigenvalue weighted by atomic mass is 16.7. The van der Waals surface area contributed by atoms with Crippen LogP contribution in [0.1, 0.15) is 100 Å². The first kappa shape index (κ1) is 59.8. The SMILES string of the molecule is CCCCCC(C(=O)NCNC(=O)c1ccc(-c2ccc(C(=O)NC(CC(=O)OCc3ccccc3)C(=O)OCc3ccccc3)c(OCC(=O)OCc3ccccc3)c2)o1)[C@@H](CC)N(C=O)OC(=O)c1ccc(OC)c(OC)c1. The van der Waals surface area contributed by atoms with E-state index in [1.54, 1.807) is 85.8 Å². The molecule has 0 aliphatic rings. The number of unbranched alkanes of at least 4 members (excludes halogenated alkanes) is 2. The van der Waals surface area contributed by atoms with Crippen molar-refractivity contribution < 1.29 is 76.0 Å². The van der Waals surface area contributed by atoms with E-state index in [0.717, 1.165) is 23.5 Å². The van der Waals surface area contributed by atoms with Crippen molar-refractivity contribution in [2.45, 2.75) is 84.3 Å². The first-order chi connectivity index (χ1) is 38.8. The third-order valence-electron chi connectivity index (χ3n) is 12.4. The van der Waals surface area contributed by atoms with Crippen LogP contribution in [0.25, 0.3) is 11.3 Å². The van der Waals surface area contributed by atoms with E-state index < -0.39 is 72.6 Å². The number of rotatable bonds is 31. The van der Waals surface area contributed by atoms with Gasteiger partial charge < -0.3 is 53.6 Å². The van der Waals surface area contributed by atoms with Crippen molar-refractivity contribution in [3.8, 4) is 28.6 Å². The summed E-state index contributed by atoms with van der Waals surface area (Å²) in [7, 11) is 2.86. The van der Waals surface area contributed by atoms with Gasteiger partial charge >= 0.3 is 23.9 Å². The Morgan fingerprint density at radius 2 is 1.26 bits per heavy atom. The molecule has 0 radical (unpaired) electrons. The summed E-state index contributed by atoms with van der Waals surface area (Å²) in [6.45, 7) is 2.45. The van der Waals surface area contributed by atoms with Crippen LogP contribution in [0.4, 0.5) is 0 Å². The maximum Gasteiger partial charge on any atom is 0.363 e. The van der Waals surface area contributed by atoms with Crippen molar-refractivity contribution in [2.75, 3.05) is 27.5 Å². The Bertz CT molecular complexity index is 3020.